The Morgan fingerprint density at radius 1 is 1.19 bits per heavy atom. The van der Waals surface area contributed by atoms with E-state index in [1.165, 1.54) is 18.2 Å². The molecule has 0 saturated carbocycles. The Labute approximate surface area is 119 Å². The molecule has 0 atom stereocenters. The highest BCUT2D eigenvalue weighted by Gasteiger charge is 2.18. The summed E-state index contributed by atoms with van der Waals surface area (Å²) in [5.41, 5.74) is 6.30. The van der Waals surface area contributed by atoms with E-state index >= 15 is 0 Å². The molecule has 1 amide bonds. The van der Waals surface area contributed by atoms with E-state index in [2.05, 4.69) is 5.32 Å². The van der Waals surface area contributed by atoms with Gasteiger partial charge in [-0.3, -0.25) is 9.59 Å². The van der Waals surface area contributed by atoms with Gasteiger partial charge in [-0.05, 0) is 36.4 Å². The summed E-state index contributed by atoms with van der Waals surface area (Å²) in [5.74, 6) is -0.799. The molecule has 6 heteroatoms. The van der Waals surface area contributed by atoms with Crippen molar-refractivity contribution in [3.63, 3.8) is 0 Å². The molecular weight excluding hydrogens is 275 g/mol. The molecule has 1 heterocycles. The Hall–Kier alpha value is -2.89. The highest BCUT2D eigenvalue weighted by atomic mass is 19.1. The topological polar surface area (TPSA) is 81.4 Å². The third-order valence-electron chi connectivity index (χ3n) is 3.14. The number of benzene rings is 2. The van der Waals surface area contributed by atoms with Crippen LogP contribution in [0.15, 0.2) is 36.4 Å². The smallest absolute Gasteiger partial charge is 0.262 e. The van der Waals surface area contributed by atoms with Crippen molar-refractivity contribution in [1.29, 1.82) is 0 Å². The third-order valence-corrected chi connectivity index (χ3v) is 3.14. The predicted molar refractivity (Wildman–Crippen MR) is 74.8 cm³/mol. The fourth-order valence-electron chi connectivity index (χ4n) is 2.06. The number of nitrogens with two attached hydrogens (primary N) is 1. The highest BCUT2D eigenvalue weighted by Crippen LogP contribution is 2.29. The summed E-state index contributed by atoms with van der Waals surface area (Å²) >= 11 is 0. The van der Waals surface area contributed by atoms with Crippen LogP contribution in [-0.2, 0) is 4.79 Å². The molecule has 2 aromatic rings. The number of ether oxygens (including phenoxy) is 1. The first-order chi connectivity index (χ1) is 10.0. The molecule has 3 rings (SSSR count). The number of fused-ring (bicyclic) bond motifs is 1. The average Bonchev–Trinajstić information content (AvgIpc) is 2.48. The number of anilines is 2. The summed E-state index contributed by atoms with van der Waals surface area (Å²) in [5, 5.41) is 2.62. The number of hydrogen-bond acceptors (Lipinski definition) is 4. The maximum atomic E-state index is 13.4. The number of carbonyl (C=O) groups is 2. The van der Waals surface area contributed by atoms with E-state index < -0.39 is 5.82 Å². The van der Waals surface area contributed by atoms with Crippen LogP contribution >= 0.6 is 0 Å². The molecule has 21 heavy (non-hydrogen) atoms. The maximum Gasteiger partial charge on any atom is 0.262 e. The molecule has 3 N–H and O–H groups in total. The largest absolute Gasteiger partial charge is 0.482 e. The molecule has 1 aliphatic rings. The van der Waals surface area contributed by atoms with E-state index in [1.54, 1.807) is 12.1 Å². The van der Waals surface area contributed by atoms with Gasteiger partial charge in [0.15, 0.2) is 12.4 Å². The molecule has 2 aromatic carbocycles. The number of halogens is 1. The summed E-state index contributed by atoms with van der Waals surface area (Å²) in [7, 11) is 0. The second kappa shape index (κ2) is 4.90. The van der Waals surface area contributed by atoms with Gasteiger partial charge >= 0.3 is 0 Å². The normalized spacial score (nSPS) is 13.1. The Morgan fingerprint density at radius 3 is 2.67 bits per heavy atom. The molecular formula is C15H11FN2O3. The monoisotopic (exact) mass is 286 g/mol. The van der Waals surface area contributed by atoms with Gasteiger partial charge in [-0.1, -0.05) is 0 Å². The first-order valence-electron chi connectivity index (χ1n) is 6.21. The standard InChI is InChI=1S/C15H11FN2O3/c16-10-5-8(1-3-11(10)17)15(20)9-2-4-13-12(6-9)18-14(19)7-21-13/h1-6H,7,17H2,(H,18,19). The van der Waals surface area contributed by atoms with Gasteiger partial charge in [-0.25, -0.2) is 4.39 Å². The lowest BCUT2D eigenvalue weighted by molar-refractivity contribution is -0.118. The second-order valence-corrected chi connectivity index (χ2v) is 4.61. The second-order valence-electron chi connectivity index (χ2n) is 4.61. The molecule has 5 nitrogen and oxygen atoms in total. The van der Waals surface area contributed by atoms with E-state index in [0.717, 1.165) is 6.07 Å². The van der Waals surface area contributed by atoms with Crippen molar-refractivity contribution in [2.24, 2.45) is 0 Å². The lowest BCUT2D eigenvalue weighted by Gasteiger charge is -2.18. The molecule has 0 aromatic heterocycles. The van der Waals surface area contributed by atoms with E-state index in [4.69, 9.17) is 10.5 Å². The summed E-state index contributed by atoms with van der Waals surface area (Å²) in [6, 6.07) is 8.54. The van der Waals surface area contributed by atoms with Crippen LogP contribution in [0.4, 0.5) is 15.8 Å². The molecule has 0 saturated heterocycles. The van der Waals surface area contributed by atoms with Gasteiger partial charge in [0.25, 0.3) is 5.91 Å². The Morgan fingerprint density at radius 2 is 1.90 bits per heavy atom. The van der Waals surface area contributed by atoms with Crippen LogP contribution in [0.25, 0.3) is 0 Å². The van der Waals surface area contributed by atoms with Crippen LogP contribution in [0.1, 0.15) is 15.9 Å². The number of amides is 1. The van der Waals surface area contributed by atoms with Crippen LogP contribution in [0.2, 0.25) is 0 Å². The number of rotatable bonds is 2. The first-order valence-corrected chi connectivity index (χ1v) is 6.21. The third kappa shape index (κ3) is 2.43. The van der Waals surface area contributed by atoms with Gasteiger partial charge in [0.05, 0.1) is 11.4 Å². The van der Waals surface area contributed by atoms with E-state index in [1.807, 2.05) is 0 Å². The SMILES string of the molecule is Nc1ccc(C(=O)c2ccc3c(c2)NC(=O)CO3)cc1F. The number of hydrogen-bond donors (Lipinski definition) is 2. The minimum absolute atomic E-state index is 0.0161. The molecule has 0 aliphatic carbocycles. The van der Waals surface area contributed by atoms with Gasteiger partial charge in [-0.2, -0.15) is 0 Å². The number of nitrogens with one attached hydrogen (secondary N) is 1. The van der Waals surface area contributed by atoms with Crippen molar-refractivity contribution in [3.8, 4) is 5.75 Å². The molecule has 0 bridgehead atoms. The van der Waals surface area contributed by atoms with Crippen LogP contribution in [0.5, 0.6) is 5.75 Å². The minimum Gasteiger partial charge on any atom is -0.482 e. The van der Waals surface area contributed by atoms with Crippen molar-refractivity contribution < 1.29 is 18.7 Å². The van der Waals surface area contributed by atoms with E-state index in [0.29, 0.717) is 17.0 Å². The van der Waals surface area contributed by atoms with E-state index in [9.17, 15) is 14.0 Å². The molecule has 0 spiro atoms. The first kappa shape index (κ1) is 13.1. The summed E-state index contributed by atoms with van der Waals surface area (Å²) < 4.78 is 18.6. The van der Waals surface area contributed by atoms with Crippen molar-refractivity contribution in [2.75, 3.05) is 17.7 Å². The number of ketones is 1. The van der Waals surface area contributed by atoms with Crippen LogP contribution < -0.4 is 15.8 Å². The Balaban J connectivity index is 1.96. The van der Waals surface area contributed by atoms with Gasteiger partial charge in [0.2, 0.25) is 0 Å². The Bertz CT molecular complexity index is 759. The highest BCUT2D eigenvalue weighted by molar-refractivity contribution is 6.10. The summed E-state index contributed by atoms with van der Waals surface area (Å²) in [6.45, 7) is -0.0521. The zero-order valence-corrected chi connectivity index (χ0v) is 10.9. The zero-order chi connectivity index (χ0) is 15.0. The van der Waals surface area contributed by atoms with Gasteiger partial charge in [0.1, 0.15) is 11.6 Å². The fourth-order valence-corrected chi connectivity index (χ4v) is 2.06. The number of carbonyl (C=O) groups excluding carboxylic acids is 2. The van der Waals surface area contributed by atoms with Crippen LogP contribution in [0.3, 0.4) is 0 Å². The van der Waals surface area contributed by atoms with Crippen LogP contribution in [-0.4, -0.2) is 18.3 Å². The number of nitrogen functional groups attached to an aromatic ring is 1. The lowest BCUT2D eigenvalue weighted by atomic mass is 10.0. The van der Waals surface area contributed by atoms with Gasteiger partial charge < -0.3 is 15.8 Å². The van der Waals surface area contributed by atoms with Gasteiger partial charge in [0, 0.05) is 11.1 Å². The molecule has 0 unspecified atom stereocenters. The van der Waals surface area contributed by atoms with E-state index in [-0.39, 0.29) is 29.5 Å². The van der Waals surface area contributed by atoms with Crippen LogP contribution in [0, 0.1) is 5.82 Å². The summed E-state index contributed by atoms with van der Waals surface area (Å²) in [4.78, 5) is 23.6. The zero-order valence-electron chi connectivity index (χ0n) is 10.9. The quantitative estimate of drug-likeness (QED) is 0.653. The molecule has 0 fully saturated rings. The Kier molecular flexibility index (Phi) is 3.06. The molecule has 1 aliphatic heterocycles. The van der Waals surface area contributed by atoms with Crippen molar-refractivity contribution in [3.05, 3.63) is 53.3 Å². The molecule has 106 valence electrons. The predicted octanol–water partition coefficient (Wildman–Crippen LogP) is 1.97. The fraction of sp³-hybridized carbons (Fsp3) is 0.0667. The minimum atomic E-state index is -0.643. The van der Waals surface area contributed by atoms with Crippen molar-refractivity contribution >= 4 is 23.1 Å². The molecule has 0 radical (unpaired) electrons. The van der Waals surface area contributed by atoms with Gasteiger partial charge in [-0.15, -0.1) is 0 Å². The maximum absolute atomic E-state index is 13.4. The lowest BCUT2D eigenvalue weighted by Crippen LogP contribution is -2.25. The van der Waals surface area contributed by atoms with Crippen molar-refractivity contribution in [2.45, 2.75) is 0 Å². The van der Waals surface area contributed by atoms with Crippen molar-refractivity contribution in [1.82, 2.24) is 0 Å². The average molecular weight is 286 g/mol. The summed E-state index contributed by atoms with van der Waals surface area (Å²) in [6.07, 6.45) is 0.